The molecule has 0 bridgehead atoms. The van der Waals surface area contributed by atoms with E-state index in [1.165, 1.54) is 4.31 Å². The highest BCUT2D eigenvalue weighted by atomic mass is 32.2. The molecule has 0 aromatic heterocycles. The van der Waals surface area contributed by atoms with Crippen LogP contribution in [0.2, 0.25) is 0 Å². The van der Waals surface area contributed by atoms with Gasteiger partial charge in [0, 0.05) is 26.2 Å². The molecular weight excluding hydrogens is 352 g/mol. The van der Waals surface area contributed by atoms with Gasteiger partial charge in [0.25, 0.3) is 5.91 Å². The molecule has 0 aliphatic carbocycles. The molecule has 1 amide bonds. The first kappa shape index (κ1) is 18.4. The van der Waals surface area contributed by atoms with E-state index in [9.17, 15) is 18.3 Å². The van der Waals surface area contributed by atoms with Crippen molar-refractivity contribution >= 4 is 15.9 Å². The minimum atomic E-state index is -3.56. The Kier molecular flexibility index (Phi) is 5.02. The van der Waals surface area contributed by atoms with Gasteiger partial charge in [0.1, 0.15) is 5.75 Å². The second kappa shape index (κ2) is 7.09. The predicted molar refractivity (Wildman–Crippen MR) is 98.7 cm³/mol. The van der Waals surface area contributed by atoms with E-state index >= 15 is 0 Å². The van der Waals surface area contributed by atoms with Crippen molar-refractivity contribution in [2.45, 2.75) is 18.7 Å². The van der Waals surface area contributed by atoms with Gasteiger partial charge in [-0.25, -0.2) is 8.42 Å². The van der Waals surface area contributed by atoms with Crippen LogP contribution in [0.25, 0.3) is 0 Å². The maximum atomic E-state index is 12.7. The molecule has 7 heteroatoms. The minimum absolute atomic E-state index is 0.0512. The standard InChI is InChI=1S/C19H22N2O4S/c1-14-3-6-16(7-4-14)26(24,25)21-11-9-20(10-12-21)19(23)17-8-5-15(2)13-18(17)22/h3-8,13,22H,9-12H2,1-2H3. The molecule has 1 saturated heterocycles. The number of rotatable bonds is 3. The Morgan fingerprint density at radius 3 is 2.08 bits per heavy atom. The number of nitrogens with zero attached hydrogens (tertiary/aromatic N) is 2. The minimum Gasteiger partial charge on any atom is -0.507 e. The SMILES string of the molecule is Cc1ccc(S(=O)(=O)N2CCN(C(=O)c3ccc(C)cc3O)CC2)cc1. The van der Waals surface area contributed by atoms with Crippen LogP contribution in [-0.2, 0) is 10.0 Å². The predicted octanol–water partition coefficient (Wildman–Crippen LogP) is 2.16. The van der Waals surface area contributed by atoms with Gasteiger partial charge in [0.15, 0.2) is 0 Å². The average molecular weight is 374 g/mol. The molecular formula is C19H22N2O4S. The maximum Gasteiger partial charge on any atom is 0.257 e. The van der Waals surface area contributed by atoms with Crippen molar-refractivity contribution < 1.29 is 18.3 Å². The summed E-state index contributed by atoms with van der Waals surface area (Å²) in [5.74, 6) is -0.334. The fourth-order valence-electron chi connectivity index (χ4n) is 2.98. The zero-order chi connectivity index (χ0) is 18.9. The van der Waals surface area contributed by atoms with Crippen molar-refractivity contribution in [3.8, 4) is 5.75 Å². The fourth-order valence-corrected chi connectivity index (χ4v) is 4.41. The Morgan fingerprint density at radius 1 is 0.923 bits per heavy atom. The van der Waals surface area contributed by atoms with Crippen LogP contribution in [0.5, 0.6) is 5.75 Å². The molecule has 0 spiro atoms. The monoisotopic (exact) mass is 374 g/mol. The molecule has 26 heavy (non-hydrogen) atoms. The zero-order valence-corrected chi connectivity index (χ0v) is 15.7. The second-order valence-corrected chi connectivity index (χ2v) is 8.47. The zero-order valence-electron chi connectivity index (χ0n) is 14.8. The number of carbonyl (C=O) groups excluding carboxylic acids is 1. The van der Waals surface area contributed by atoms with E-state index in [2.05, 4.69) is 0 Å². The van der Waals surface area contributed by atoms with E-state index in [0.717, 1.165) is 11.1 Å². The average Bonchev–Trinajstić information content (AvgIpc) is 2.62. The second-order valence-electron chi connectivity index (χ2n) is 6.53. The van der Waals surface area contributed by atoms with Crippen LogP contribution >= 0.6 is 0 Å². The van der Waals surface area contributed by atoms with Gasteiger partial charge < -0.3 is 10.0 Å². The number of phenols is 1. The first-order valence-corrected chi connectivity index (χ1v) is 9.89. The largest absolute Gasteiger partial charge is 0.507 e. The molecule has 0 unspecified atom stereocenters. The lowest BCUT2D eigenvalue weighted by Crippen LogP contribution is -2.50. The Labute approximate surface area is 153 Å². The summed E-state index contributed by atoms with van der Waals surface area (Å²) in [7, 11) is -3.56. The van der Waals surface area contributed by atoms with Gasteiger partial charge in [0.05, 0.1) is 10.5 Å². The molecule has 2 aromatic rings. The van der Waals surface area contributed by atoms with Crippen LogP contribution in [0.15, 0.2) is 47.4 Å². The summed E-state index contributed by atoms with van der Waals surface area (Å²) in [6.45, 7) is 4.78. The Hall–Kier alpha value is -2.38. The van der Waals surface area contributed by atoms with E-state index in [-0.39, 0.29) is 48.3 Å². The van der Waals surface area contributed by atoms with Gasteiger partial charge in [-0.05, 0) is 43.7 Å². The lowest BCUT2D eigenvalue weighted by Gasteiger charge is -2.34. The number of aromatic hydroxyl groups is 1. The smallest absolute Gasteiger partial charge is 0.257 e. The third-order valence-electron chi connectivity index (χ3n) is 4.57. The Bertz CT molecular complexity index is 915. The number of carbonyl (C=O) groups is 1. The number of phenolic OH excluding ortho intramolecular Hbond substituents is 1. The van der Waals surface area contributed by atoms with E-state index < -0.39 is 10.0 Å². The maximum absolute atomic E-state index is 12.7. The van der Waals surface area contributed by atoms with E-state index in [4.69, 9.17) is 0 Å². The van der Waals surface area contributed by atoms with Crippen LogP contribution in [0.3, 0.4) is 0 Å². The Balaban J connectivity index is 1.70. The normalized spacial score (nSPS) is 15.8. The number of piperazine rings is 1. The summed E-state index contributed by atoms with van der Waals surface area (Å²) in [6, 6.07) is 11.7. The van der Waals surface area contributed by atoms with Gasteiger partial charge in [-0.1, -0.05) is 23.8 Å². The summed E-state index contributed by atoms with van der Waals surface area (Å²) in [5.41, 5.74) is 2.11. The molecule has 1 heterocycles. The number of hydrogen-bond donors (Lipinski definition) is 1. The van der Waals surface area contributed by atoms with Crippen molar-refractivity contribution in [3.63, 3.8) is 0 Å². The molecule has 3 rings (SSSR count). The van der Waals surface area contributed by atoms with Gasteiger partial charge in [-0.3, -0.25) is 4.79 Å². The molecule has 2 aromatic carbocycles. The number of aryl methyl sites for hydroxylation is 2. The highest BCUT2D eigenvalue weighted by Crippen LogP contribution is 2.23. The summed E-state index contributed by atoms with van der Waals surface area (Å²) < 4.78 is 26.8. The molecule has 1 fully saturated rings. The van der Waals surface area contributed by atoms with Gasteiger partial charge in [-0.2, -0.15) is 4.31 Å². The molecule has 0 atom stereocenters. The third kappa shape index (κ3) is 3.59. The highest BCUT2D eigenvalue weighted by Gasteiger charge is 2.31. The highest BCUT2D eigenvalue weighted by molar-refractivity contribution is 7.89. The van der Waals surface area contributed by atoms with Gasteiger partial charge >= 0.3 is 0 Å². The van der Waals surface area contributed by atoms with E-state index in [1.54, 1.807) is 47.4 Å². The van der Waals surface area contributed by atoms with Crippen molar-refractivity contribution in [1.29, 1.82) is 0 Å². The van der Waals surface area contributed by atoms with E-state index in [0.29, 0.717) is 0 Å². The molecule has 138 valence electrons. The molecule has 0 saturated carbocycles. The topological polar surface area (TPSA) is 77.9 Å². The summed E-state index contributed by atoms with van der Waals surface area (Å²) in [4.78, 5) is 14.4. The molecule has 6 nitrogen and oxygen atoms in total. The fraction of sp³-hybridized carbons (Fsp3) is 0.316. The quantitative estimate of drug-likeness (QED) is 0.893. The van der Waals surface area contributed by atoms with Gasteiger partial charge in [0.2, 0.25) is 10.0 Å². The van der Waals surface area contributed by atoms with Crippen LogP contribution in [-0.4, -0.2) is 54.8 Å². The van der Waals surface area contributed by atoms with Crippen molar-refractivity contribution in [1.82, 2.24) is 9.21 Å². The van der Waals surface area contributed by atoms with Crippen molar-refractivity contribution in [3.05, 3.63) is 59.2 Å². The summed E-state index contributed by atoms with van der Waals surface area (Å²) >= 11 is 0. The number of hydrogen-bond acceptors (Lipinski definition) is 4. The lowest BCUT2D eigenvalue weighted by atomic mass is 10.1. The molecule has 1 aliphatic heterocycles. The summed E-state index contributed by atoms with van der Waals surface area (Å²) in [6.07, 6.45) is 0. The first-order chi connectivity index (χ1) is 12.3. The van der Waals surface area contributed by atoms with Crippen LogP contribution in [0, 0.1) is 13.8 Å². The van der Waals surface area contributed by atoms with Crippen LogP contribution < -0.4 is 0 Å². The van der Waals surface area contributed by atoms with Crippen LogP contribution in [0.1, 0.15) is 21.5 Å². The van der Waals surface area contributed by atoms with Gasteiger partial charge in [-0.15, -0.1) is 0 Å². The molecule has 0 radical (unpaired) electrons. The number of benzene rings is 2. The molecule has 1 aliphatic rings. The molecule has 1 N–H and O–H groups in total. The van der Waals surface area contributed by atoms with Crippen LogP contribution in [0.4, 0.5) is 0 Å². The Morgan fingerprint density at radius 2 is 1.50 bits per heavy atom. The summed E-state index contributed by atoms with van der Waals surface area (Å²) in [5, 5.41) is 9.99. The lowest BCUT2D eigenvalue weighted by molar-refractivity contribution is 0.0695. The van der Waals surface area contributed by atoms with Crippen molar-refractivity contribution in [2.75, 3.05) is 26.2 Å². The first-order valence-electron chi connectivity index (χ1n) is 8.45. The number of sulfonamides is 1. The van der Waals surface area contributed by atoms with Crippen molar-refractivity contribution in [2.24, 2.45) is 0 Å². The number of amides is 1. The van der Waals surface area contributed by atoms with E-state index in [1.807, 2.05) is 13.8 Å². The third-order valence-corrected chi connectivity index (χ3v) is 6.48.